The van der Waals surface area contributed by atoms with Crippen LogP contribution in [0.4, 0.5) is 0 Å². The molecular formula is C15H26BNO4S2. The van der Waals surface area contributed by atoms with Crippen molar-refractivity contribution in [3.63, 3.8) is 0 Å². The van der Waals surface area contributed by atoms with Crippen molar-refractivity contribution in [1.29, 1.82) is 0 Å². The molecule has 0 spiro atoms. The summed E-state index contributed by atoms with van der Waals surface area (Å²) >= 11 is 1.25. The molecule has 0 saturated carbocycles. The van der Waals surface area contributed by atoms with Crippen LogP contribution < -0.4 is 4.78 Å². The Kier molecular flexibility index (Phi) is 5.33. The second kappa shape index (κ2) is 6.48. The standard InChI is InChI=1S/C15H26BNO4S2/c1-14(2)15(3,4)21-16(20-14)12-8-9-13(22-12)23(18,19)11-7-10-17(5)6/h8-9H,7,10-11H2,1-6H3. The summed E-state index contributed by atoms with van der Waals surface area (Å²) < 4.78 is 38.0. The minimum absolute atomic E-state index is 0.161. The van der Waals surface area contributed by atoms with Gasteiger partial charge < -0.3 is 14.2 Å². The third-order valence-electron chi connectivity index (χ3n) is 4.41. The van der Waals surface area contributed by atoms with E-state index in [4.69, 9.17) is 9.31 Å². The predicted octanol–water partition coefficient (Wildman–Crippen LogP) is 1.77. The van der Waals surface area contributed by atoms with Crippen LogP contribution in [0.5, 0.6) is 0 Å². The normalized spacial score (nSPS) is 20.4. The lowest BCUT2D eigenvalue weighted by atomic mass is 9.88. The average Bonchev–Trinajstić information content (AvgIpc) is 2.93. The lowest BCUT2D eigenvalue weighted by Gasteiger charge is -2.32. The molecule has 0 atom stereocenters. The first-order valence-electron chi connectivity index (χ1n) is 7.77. The highest BCUT2D eigenvalue weighted by Gasteiger charge is 2.52. The van der Waals surface area contributed by atoms with E-state index in [0.29, 0.717) is 10.6 Å². The summed E-state index contributed by atoms with van der Waals surface area (Å²) in [5.41, 5.74) is -0.848. The number of hydrogen-bond donors (Lipinski definition) is 0. The molecule has 2 rings (SSSR count). The third kappa shape index (κ3) is 4.17. The summed E-state index contributed by atoms with van der Waals surface area (Å²) in [6.07, 6.45) is 0.624. The van der Waals surface area contributed by atoms with Gasteiger partial charge in [0.1, 0.15) is 4.21 Å². The first-order valence-corrected chi connectivity index (χ1v) is 10.2. The van der Waals surface area contributed by atoms with Gasteiger partial charge in [0.25, 0.3) is 0 Å². The average molecular weight is 359 g/mol. The van der Waals surface area contributed by atoms with Gasteiger partial charge in [-0.05, 0) is 60.8 Å². The zero-order chi connectivity index (χ0) is 17.5. The van der Waals surface area contributed by atoms with Crippen LogP contribution in [0.3, 0.4) is 0 Å². The van der Waals surface area contributed by atoms with Gasteiger partial charge in [-0.25, -0.2) is 8.42 Å². The summed E-state index contributed by atoms with van der Waals surface area (Å²) in [6.45, 7) is 8.70. The van der Waals surface area contributed by atoms with Crippen molar-refractivity contribution in [3.05, 3.63) is 12.1 Å². The van der Waals surface area contributed by atoms with Gasteiger partial charge in [0.2, 0.25) is 0 Å². The van der Waals surface area contributed by atoms with Crippen LogP contribution in [0.2, 0.25) is 0 Å². The largest absolute Gasteiger partial charge is 0.505 e. The van der Waals surface area contributed by atoms with E-state index in [2.05, 4.69) is 0 Å². The van der Waals surface area contributed by atoms with E-state index >= 15 is 0 Å². The van der Waals surface area contributed by atoms with E-state index < -0.39 is 28.2 Å². The zero-order valence-electron chi connectivity index (χ0n) is 14.8. The Bertz CT molecular complexity index is 636. The fourth-order valence-corrected chi connectivity index (χ4v) is 4.99. The van der Waals surface area contributed by atoms with Crippen LogP contribution in [0, 0.1) is 0 Å². The molecule has 1 aromatic heterocycles. The number of rotatable bonds is 6. The molecule has 0 aliphatic carbocycles. The van der Waals surface area contributed by atoms with E-state index in [9.17, 15) is 8.42 Å². The van der Waals surface area contributed by atoms with Crippen LogP contribution >= 0.6 is 11.3 Å². The highest BCUT2D eigenvalue weighted by atomic mass is 32.2. The third-order valence-corrected chi connectivity index (χ3v) is 7.90. The van der Waals surface area contributed by atoms with Crippen molar-refractivity contribution in [2.45, 2.75) is 49.5 Å². The Hall–Kier alpha value is -0.405. The molecule has 1 aromatic rings. The van der Waals surface area contributed by atoms with Gasteiger partial charge >= 0.3 is 7.12 Å². The topological polar surface area (TPSA) is 55.8 Å². The molecule has 0 unspecified atom stereocenters. The molecule has 0 radical (unpaired) electrons. The molecule has 5 nitrogen and oxygen atoms in total. The SMILES string of the molecule is CN(C)CCCS(=O)(=O)c1ccc(B2OC(C)(C)C(C)(C)O2)s1. The lowest BCUT2D eigenvalue weighted by Crippen LogP contribution is -2.41. The molecule has 23 heavy (non-hydrogen) atoms. The maximum atomic E-state index is 12.4. The van der Waals surface area contributed by atoms with Gasteiger partial charge in [-0.2, -0.15) is 0 Å². The van der Waals surface area contributed by atoms with E-state index in [0.717, 1.165) is 11.3 Å². The number of thiophene rings is 1. The van der Waals surface area contributed by atoms with Crippen molar-refractivity contribution in [2.75, 3.05) is 26.4 Å². The minimum Gasteiger partial charge on any atom is -0.399 e. The van der Waals surface area contributed by atoms with Gasteiger partial charge in [-0.3, -0.25) is 0 Å². The Balaban J connectivity index is 2.09. The van der Waals surface area contributed by atoms with Gasteiger partial charge in [0, 0.05) is 4.78 Å². The lowest BCUT2D eigenvalue weighted by molar-refractivity contribution is 0.00578. The molecule has 8 heteroatoms. The summed E-state index contributed by atoms with van der Waals surface area (Å²) in [4.78, 5) is 1.99. The first kappa shape index (κ1) is 18.9. The molecule has 1 saturated heterocycles. The quantitative estimate of drug-likeness (QED) is 0.725. The van der Waals surface area contributed by atoms with E-state index in [-0.39, 0.29) is 5.75 Å². The minimum atomic E-state index is -3.24. The monoisotopic (exact) mass is 359 g/mol. The van der Waals surface area contributed by atoms with E-state index in [1.54, 1.807) is 12.1 Å². The predicted molar refractivity (Wildman–Crippen MR) is 95.3 cm³/mol. The summed E-state index contributed by atoms with van der Waals surface area (Å²) in [6, 6.07) is 3.46. The summed E-state index contributed by atoms with van der Waals surface area (Å²) in [5, 5.41) is 0. The molecule has 1 fully saturated rings. The van der Waals surface area contributed by atoms with Crippen molar-refractivity contribution in [2.24, 2.45) is 0 Å². The molecule has 0 bridgehead atoms. The number of nitrogens with zero attached hydrogens (tertiary/aromatic N) is 1. The van der Waals surface area contributed by atoms with Gasteiger partial charge in [-0.1, -0.05) is 6.07 Å². The van der Waals surface area contributed by atoms with E-state index in [1.807, 2.05) is 46.7 Å². The van der Waals surface area contributed by atoms with Crippen LogP contribution in [0.15, 0.2) is 16.3 Å². The van der Waals surface area contributed by atoms with Crippen molar-refractivity contribution < 1.29 is 17.7 Å². The fraction of sp³-hybridized carbons (Fsp3) is 0.733. The molecule has 0 amide bonds. The van der Waals surface area contributed by atoms with Gasteiger partial charge in [-0.15, -0.1) is 11.3 Å². The van der Waals surface area contributed by atoms with Gasteiger partial charge in [0.15, 0.2) is 9.84 Å². The fourth-order valence-electron chi connectivity index (χ4n) is 2.26. The molecule has 1 aliphatic rings. The maximum absolute atomic E-state index is 12.4. The van der Waals surface area contributed by atoms with Crippen molar-refractivity contribution in [1.82, 2.24) is 4.90 Å². The number of sulfone groups is 1. The van der Waals surface area contributed by atoms with Crippen molar-refractivity contribution >= 4 is 33.1 Å². The maximum Gasteiger partial charge on any atom is 0.505 e. The Morgan fingerprint density at radius 2 is 1.70 bits per heavy atom. The second-order valence-corrected chi connectivity index (χ2v) is 10.7. The number of hydrogen-bond acceptors (Lipinski definition) is 6. The molecule has 1 aliphatic heterocycles. The first-order chi connectivity index (χ1) is 10.4. The van der Waals surface area contributed by atoms with Crippen molar-refractivity contribution in [3.8, 4) is 0 Å². The molecule has 130 valence electrons. The second-order valence-electron chi connectivity index (χ2n) is 7.22. The summed E-state index contributed by atoms with van der Waals surface area (Å²) in [7, 11) is 0.132. The van der Waals surface area contributed by atoms with Crippen LogP contribution in [0.1, 0.15) is 34.1 Å². The van der Waals surface area contributed by atoms with E-state index in [1.165, 1.54) is 11.3 Å². The van der Waals surface area contributed by atoms with Gasteiger partial charge in [0.05, 0.1) is 17.0 Å². The molecule has 0 aromatic carbocycles. The Morgan fingerprint density at radius 3 is 2.22 bits per heavy atom. The smallest absolute Gasteiger partial charge is 0.399 e. The van der Waals surface area contributed by atoms with Crippen LogP contribution in [-0.4, -0.2) is 58.0 Å². The molecular weight excluding hydrogens is 333 g/mol. The highest BCUT2D eigenvalue weighted by molar-refractivity contribution is 7.93. The molecule has 2 heterocycles. The summed E-state index contributed by atoms with van der Waals surface area (Å²) in [5.74, 6) is 0.161. The van der Waals surface area contributed by atoms with Crippen LogP contribution in [0.25, 0.3) is 0 Å². The Morgan fingerprint density at radius 1 is 1.13 bits per heavy atom. The molecule has 0 N–H and O–H groups in total. The highest BCUT2D eigenvalue weighted by Crippen LogP contribution is 2.37. The van der Waals surface area contributed by atoms with Crippen LogP contribution in [-0.2, 0) is 19.1 Å². The zero-order valence-corrected chi connectivity index (χ0v) is 16.4. The Labute approximate surface area is 144 Å².